The zero-order valence-corrected chi connectivity index (χ0v) is 27.3. The van der Waals surface area contributed by atoms with Gasteiger partial charge in [-0.3, -0.25) is 24.4 Å². The lowest BCUT2D eigenvalue weighted by molar-refractivity contribution is -0.130. The Morgan fingerprint density at radius 2 is 1.88 bits per heavy atom. The molecule has 1 aliphatic carbocycles. The first-order chi connectivity index (χ1) is 23.9. The minimum Gasteiger partial charge on any atom is -0.350 e. The van der Waals surface area contributed by atoms with E-state index in [0.717, 1.165) is 75.3 Å². The molecule has 10 heteroatoms. The van der Waals surface area contributed by atoms with Crippen LogP contribution in [0.2, 0.25) is 0 Å². The molecule has 8 rings (SSSR count). The summed E-state index contributed by atoms with van der Waals surface area (Å²) in [6.45, 7) is 4.54. The number of carbonyl (C=O) groups is 3. The topological polar surface area (TPSA) is 122 Å². The Morgan fingerprint density at radius 3 is 2.67 bits per heavy atom. The Bertz CT molecular complexity index is 2210. The van der Waals surface area contributed by atoms with Gasteiger partial charge < -0.3 is 20.1 Å². The Morgan fingerprint density at radius 1 is 1.02 bits per heavy atom. The van der Waals surface area contributed by atoms with Crippen molar-refractivity contribution in [2.45, 2.75) is 58.2 Å². The molecular formula is C39H35N7O3. The summed E-state index contributed by atoms with van der Waals surface area (Å²) in [5.41, 5.74) is 7.36. The fraction of sp³-hybridized carbons (Fsp3) is 0.282. The highest BCUT2D eigenvalue weighted by Gasteiger charge is 2.32. The minimum absolute atomic E-state index is 0.0695. The maximum absolute atomic E-state index is 12.8. The molecule has 0 unspecified atom stereocenters. The van der Waals surface area contributed by atoms with Crippen molar-refractivity contribution in [1.82, 2.24) is 35.1 Å². The number of hydrogen-bond donors (Lipinski definition) is 2. The maximum Gasteiger partial charge on any atom is 0.269 e. The second-order valence-electron chi connectivity index (χ2n) is 12.8. The molecule has 0 bridgehead atoms. The first-order valence-corrected chi connectivity index (χ1v) is 16.8. The Hall–Kier alpha value is -5.82. The fourth-order valence-corrected chi connectivity index (χ4v) is 6.93. The summed E-state index contributed by atoms with van der Waals surface area (Å²) in [7, 11) is 0. The van der Waals surface area contributed by atoms with Crippen LogP contribution in [0.4, 0.5) is 0 Å². The molecule has 244 valence electrons. The van der Waals surface area contributed by atoms with Crippen molar-refractivity contribution in [2.24, 2.45) is 0 Å². The van der Waals surface area contributed by atoms with Gasteiger partial charge in [0.2, 0.25) is 5.91 Å². The average Bonchev–Trinajstić information content (AvgIpc) is 3.67. The number of pyridine rings is 2. The standard InChI is InChI=1S/C39H35N7O3/c1-24(47)45-17-18-46-35(23-45)36(44-37(46)26-9-4-10-26)29-12-6-11-27-19-34(42-21-32(27)29)28-14-15-33(41-20-28)39(49)40-16-3-2-7-25-8-5-13-30-31(25)22-43-38(30)48/h5-6,8,11-15,19-21,26H,3-4,9-10,16-18,22-23H2,1H3,(H,40,49)(H,43,48). The molecule has 2 N–H and O–H groups in total. The van der Waals surface area contributed by atoms with E-state index in [1.807, 2.05) is 41.4 Å². The van der Waals surface area contributed by atoms with Gasteiger partial charge in [0.1, 0.15) is 11.5 Å². The molecule has 5 aromatic rings. The lowest BCUT2D eigenvalue weighted by atomic mass is 9.85. The molecule has 0 saturated heterocycles. The molecule has 49 heavy (non-hydrogen) atoms. The number of hydrogen-bond acceptors (Lipinski definition) is 6. The minimum atomic E-state index is -0.270. The molecule has 5 heterocycles. The average molecular weight is 650 g/mol. The Labute approximate surface area is 284 Å². The molecule has 10 nitrogen and oxygen atoms in total. The highest BCUT2D eigenvalue weighted by atomic mass is 16.2. The van der Waals surface area contributed by atoms with Crippen LogP contribution in [0.25, 0.3) is 33.3 Å². The number of aromatic nitrogens is 4. The largest absolute Gasteiger partial charge is 0.350 e. The van der Waals surface area contributed by atoms with Crippen LogP contribution >= 0.6 is 0 Å². The smallest absolute Gasteiger partial charge is 0.269 e. The number of benzene rings is 2. The molecule has 0 spiro atoms. The lowest BCUT2D eigenvalue weighted by Crippen LogP contribution is -2.37. The third-order valence-electron chi connectivity index (χ3n) is 9.87. The number of imidazole rings is 1. The molecule has 0 radical (unpaired) electrons. The zero-order valence-electron chi connectivity index (χ0n) is 27.3. The van der Waals surface area contributed by atoms with Crippen LogP contribution in [-0.4, -0.2) is 55.2 Å². The van der Waals surface area contributed by atoms with Crippen LogP contribution < -0.4 is 10.6 Å². The number of fused-ring (bicyclic) bond motifs is 3. The number of amides is 3. The van der Waals surface area contributed by atoms with Gasteiger partial charge in [-0.1, -0.05) is 42.5 Å². The second kappa shape index (κ2) is 12.7. The Balaban J connectivity index is 0.971. The third-order valence-corrected chi connectivity index (χ3v) is 9.87. The summed E-state index contributed by atoms with van der Waals surface area (Å²) in [5.74, 6) is 7.59. The van der Waals surface area contributed by atoms with Crippen molar-refractivity contribution in [2.75, 3.05) is 13.1 Å². The van der Waals surface area contributed by atoms with E-state index in [-0.39, 0.29) is 17.7 Å². The van der Waals surface area contributed by atoms with Gasteiger partial charge in [0.25, 0.3) is 11.8 Å². The van der Waals surface area contributed by atoms with Gasteiger partial charge in [0.15, 0.2) is 0 Å². The van der Waals surface area contributed by atoms with E-state index in [2.05, 4.69) is 44.2 Å². The molecule has 2 aliphatic heterocycles. The maximum atomic E-state index is 12.8. The van der Waals surface area contributed by atoms with E-state index in [9.17, 15) is 14.4 Å². The van der Waals surface area contributed by atoms with E-state index >= 15 is 0 Å². The third kappa shape index (κ3) is 5.71. The van der Waals surface area contributed by atoms with Crippen LogP contribution in [0.15, 0.2) is 67.0 Å². The lowest BCUT2D eigenvalue weighted by Gasteiger charge is -2.31. The van der Waals surface area contributed by atoms with Crippen LogP contribution in [0, 0.1) is 11.8 Å². The fourth-order valence-electron chi connectivity index (χ4n) is 6.93. The van der Waals surface area contributed by atoms with Crippen molar-refractivity contribution in [3.63, 3.8) is 0 Å². The van der Waals surface area contributed by atoms with E-state index in [1.165, 1.54) is 6.42 Å². The molecule has 2 aromatic carbocycles. The summed E-state index contributed by atoms with van der Waals surface area (Å²) >= 11 is 0. The SMILES string of the molecule is CC(=O)N1CCn2c(C3CCC3)nc(-c3cccc4cc(-c5ccc(C(=O)NCCC#Cc6cccc7c6CNC7=O)nc5)ncc34)c2C1. The van der Waals surface area contributed by atoms with Gasteiger partial charge in [-0.05, 0) is 54.1 Å². The summed E-state index contributed by atoms with van der Waals surface area (Å²) in [5, 5.41) is 7.73. The molecular weight excluding hydrogens is 614 g/mol. The molecule has 0 atom stereocenters. The van der Waals surface area contributed by atoms with Gasteiger partial charge in [-0.25, -0.2) is 4.98 Å². The number of nitrogens with zero attached hydrogens (tertiary/aromatic N) is 5. The number of nitrogens with one attached hydrogen (secondary N) is 2. The number of rotatable bonds is 6. The van der Waals surface area contributed by atoms with Crippen LogP contribution in [0.1, 0.15) is 82.0 Å². The highest BCUT2D eigenvalue weighted by Crippen LogP contribution is 2.41. The van der Waals surface area contributed by atoms with Gasteiger partial charge in [-0.2, -0.15) is 0 Å². The van der Waals surface area contributed by atoms with E-state index < -0.39 is 0 Å². The van der Waals surface area contributed by atoms with Crippen LogP contribution in [-0.2, 0) is 24.4 Å². The zero-order chi connectivity index (χ0) is 33.5. The molecule has 3 amide bonds. The molecule has 1 fully saturated rings. The van der Waals surface area contributed by atoms with Crippen molar-refractivity contribution in [3.8, 4) is 34.4 Å². The van der Waals surface area contributed by atoms with Crippen LogP contribution in [0.3, 0.4) is 0 Å². The molecule has 3 aromatic heterocycles. The van der Waals surface area contributed by atoms with Crippen molar-refractivity contribution < 1.29 is 14.4 Å². The molecule has 1 saturated carbocycles. The summed E-state index contributed by atoms with van der Waals surface area (Å²) in [6.07, 6.45) is 7.59. The Kier molecular flexibility index (Phi) is 7.88. The van der Waals surface area contributed by atoms with Crippen molar-refractivity contribution in [1.29, 1.82) is 0 Å². The summed E-state index contributed by atoms with van der Waals surface area (Å²) in [4.78, 5) is 53.3. The monoisotopic (exact) mass is 649 g/mol. The predicted octanol–water partition coefficient (Wildman–Crippen LogP) is 5.20. The highest BCUT2D eigenvalue weighted by molar-refractivity contribution is 5.99. The van der Waals surface area contributed by atoms with Gasteiger partial charge in [0, 0.05) is 85.5 Å². The second-order valence-corrected chi connectivity index (χ2v) is 12.8. The van der Waals surface area contributed by atoms with Gasteiger partial charge in [0.05, 0.1) is 23.6 Å². The first kappa shape index (κ1) is 30.5. The van der Waals surface area contributed by atoms with E-state index in [1.54, 1.807) is 25.3 Å². The predicted molar refractivity (Wildman–Crippen MR) is 185 cm³/mol. The van der Waals surface area contributed by atoms with Crippen molar-refractivity contribution >= 4 is 28.5 Å². The molecule has 3 aliphatic rings. The summed E-state index contributed by atoms with van der Waals surface area (Å²) < 4.78 is 2.35. The quantitative estimate of drug-likeness (QED) is 0.193. The van der Waals surface area contributed by atoms with E-state index in [0.29, 0.717) is 49.8 Å². The van der Waals surface area contributed by atoms with Gasteiger partial charge >= 0.3 is 0 Å². The first-order valence-electron chi connectivity index (χ1n) is 16.8. The normalized spacial score (nSPS) is 15.1. The van der Waals surface area contributed by atoms with Gasteiger partial charge in [-0.15, -0.1) is 0 Å². The van der Waals surface area contributed by atoms with Crippen molar-refractivity contribution in [3.05, 3.63) is 101 Å². The van der Waals surface area contributed by atoms with E-state index in [4.69, 9.17) is 9.97 Å². The number of carbonyl (C=O) groups excluding carboxylic acids is 3. The summed E-state index contributed by atoms with van der Waals surface area (Å²) in [6, 6.07) is 17.4. The van der Waals surface area contributed by atoms with Crippen LogP contribution in [0.5, 0.6) is 0 Å².